The van der Waals surface area contributed by atoms with Crippen molar-refractivity contribution >= 4 is 17.4 Å². The minimum Gasteiger partial charge on any atom is -0.325 e. The molecule has 0 radical (unpaired) electrons. The fourth-order valence-electron chi connectivity index (χ4n) is 4.61. The number of aromatic nitrogens is 6. The van der Waals surface area contributed by atoms with Gasteiger partial charge in [-0.15, -0.1) is 0 Å². The van der Waals surface area contributed by atoms with Gasteiger partial charge in [-0.1, -0.05) is 19.1 Å². The number of ketones is 1. The highest BCUT2D eigenvalue weighted by Crippen LogP contribution is 2.36. The first-order chi connectivity index (χ1) is 17.4. The van der Waals surface area contributed by atoms with E-state index in [9.17, 15) is 4.79 Å². The molecule has 0 aliphatic heterocycles. The number of rotatable bonds is 8. The molecule has 9 heteroatoms. The molecule has 0 bridgehead atoms. The van der Waals surface area contributed by atoms with E-state index in [-0.39, 0.29) is 5.78 Å². The molecule has 1 saturated carbocycles. The van der Waals surface area contributed by atoms with E-state index in [1.54, 1.807) is 11.6 Å². The maximum absolute atomic E-state index is 12.1. The van der Waals surface area contributed by atoms with Crippen LogP contribution in [0, 0.1) is 31.1 Å². The molecule has 0 amide bonds. The zero-order valence-corrected chi connectivity index (χ0v) is 20.9. The molecule has 1 aromatic carbocycles. The summed E-state index contributed by atoms with van der Waals surface area (Å²) in [4.78, 5) is 20.9. The van der Waals surface area contributed by atoms with E-state index in [0.29, 0.717) is 34.4 Å². The van der Waals surface area contributed by atoms with Crippen molar-refractivity contribution in [2.45, 2.75) is 53.5 Å². The molecular weight excluding hydrogens is 452 g/mol. The standard InChI is InChI=1S/C27H28N8O/c1-5-22-26(21-10-8-19(13-28)9-11-21)33-34(14-20-6-7-20)27(22)31-23-12-24(30-15-29-23)35-17(3)25(18(4)36)16(2)32-35/h8-12,15,20H,5-7,14H2,1-4H3,(H,29,30,31). The van der Waals surface area contributed by atoms with E-state index in [0.717, 1.165) is 41.3 Å². The first kappa shape index (κ1) is 23.4. The van der Waals surface area contributed by atoms with E-state index in [1.807, 2.05) is 48.9 Å². The second-order valence-corrected chi connectivity index (χ2v) is 9.24. The summed E-state index contributed by atoms with van der Waals surface area (Å²) in [6.07, 6.45) is 4.69. The summed E-state index contributed by atoms with van der Waals surface area (Å²) in [6.45, 7) is 8.20. The highest BCUT2D eigenvalue weighted by molar-refractivity contribution is 5.96. The fourth-order valence-corrected chi connectivity index (χ4v) is 4.61. The number of hydrogen-bond donors (Lipinski definition) is 1. The van der Waals surface area contributed by atoms with Crippen LogP contribution in [0.25, 0.3) is 17.1 Å². The van der Waals surface area contributed by atoms with E-state index in [1.165, 1.54) is 19.2 Å². The Bertz CT molecular complexity index is 1490. The van der Waals surface area contributed by atoms with E-state index < -0.39 is 0 Å². The first-order valence-corrected chi connectivity index (χ1v) is 12.2. The molecule has 5 rings (SSSR count). The lowest BCUT2D eigenvalue weighted by molar-refractivity contribution is 0.101. The summed E-state index contributed by atoms with van der Waals surface area (Å²) in [5.41, 5.74) is 5.64. The van der Waals surface area contributed by atoms with Crippen LogP contribution in [0.3, 0.4) is 0 Å². The second-order valence-electron chi connectivity index (χ2n) is 9.24. The molecule has 1 N–H and O–H groups in total. The fraction of sp³-hybridized carbons (Fsp3) is 0.333. The molecule has 4 aromatic rings. The summed E-state index contributed by atoms with van der Waals surface area (Å²) >= 11 is 0. The van der Waals surface area contributed by atoms with Crippen molar-refractivity contribution < 1.29 is 4.79 Å². The Labute approximate surface area is 209 Å². The van der Waals surface area contributed by atoms with Gasteiger partial charge in [0, 0.05) is 23.7 Å². The van der Waals surface area contributed by atoms with Crippen LogP contribution in [0.5, 0.6) is 0 Å². The van der Waals surface area contributed by atoms with Crippen LogP contribution >= 0.6 is 0 Å². The Hall–Kier alpha value is -4.32. The third-order valence-electron chi connectivity index (χ3n) is 6.58. The van der Waals surface area contributed by atoms with Crippen molar-refractivity contribution in [1.29, 1.82) is 5.26 Å². The van der Waals surface area contributed by atoms with Crippen LogP contribution in [0.2, 0.25) is 0 Å². The van der Waals surface area contributed by atoms with Crippen LogP contribution in [0.4, 0.5) is 11.6 Å². The highest BCUT2D eigenvalue weighted by Gasteiger charge is 2.26. The summed E-state index contributed by atoms with van der Waals surface area (Å²) in [5, 5.41) is 22.2. The number of carbonyl (C=O) groups excluding carboxylic acids is 1. The van der Waals surface area contributed by atoms with E-state index in [2.05, 4.69) is 33.4 Å². The number of nitrogens with one attached hydrogen (secondary N) is 1. The number of aryl methyl sites for hydroxylation is 1. The van der Waals surface area contributed by atoms with Crippen LogP contribution in [-0.2, 0) is 13.0 Å². The van der Waals surface area contributed by atoms with Gasteiger partial charge in [0.05, 0.1) is 34.3 Å². The lowest BCUT2D eigenvalue weighted by atomic mass is 10.0. The molecule has 1 fully saturated rings. The van der Waals surface area contributed by atoms with Crippen LogP contribution < -0.4 is 5.32 Å². The second kappa shape index (κ2) is 9.38. The van der Waals surface area contributed by atoms with Gasteiger partial charge in [0.2, 0.25) is 0 Å². The predicted octanol–water partition coefficient (Wildman–Crippen LogP) is 4.93. The number of Topliss-reactive ketones (excluding diaryl/α,β-unsaturated/α-hetero) is 1. The molecule has 36 heavy (non-hydrogen) atoms. The Morgan fingerprint density at radius 1 is 1.17 bits per heavy atom. The average Bonchev–Trinajstić information content (AvgIpc) is 3.55. The lowest BCUT2D eigenvalue weighted by Crippen LogP contribution is -2.09. The number of carbonyl (C=O) groups is 1. The first-order valence-electron chi connectivity index (χ1n) is 12.2. The number of nitrogens with zero attached hydrogens (tertiary/aromatic N) is 7. The zero-order chi connectivity index (χ0) is 25.4. The van der Waals surface area contributed by atoms with Crippen LogP contribution in [0.1, 0.15) is 59.6 Å². The molecule has 3 aromatic heterocycles. The smallest absolute Gasteiger partial charge is 0.163 e. The summed E-state index contributed by atoms with van der Waals surface area (Å²) in [5.74, 6) is 2.72. The topological polar surface area (TPSA) is 114 Å². The third-order valence-corrected chi connectivity index (χ3v) is 6.58. The molecule has 0 saturated heterocycles. The van der Waals surface area contributed by atoms with E-state index >= 15 is 0 Å². The van der Waals surface area contributed by atoms with Crippen LogP contribution in [0.15, 0.2) is 36.7 Å². The Morgan fingerprint density at radius 2 is 1.92 bits per heavy atom. The predicted molar refractivity (Wildman–Crippen MR) is 136 cm³/mol. The van der Waals surface area contributed by atoms with Gasteiger partial charge >= 0.3 is 0 Å². The monoisotopic (exact) mass is 480 g/mol. The number of benzene rings is 1. The van der Waals surface area contributed by atoms with Crippen molar-refractivity contribution in [3.8, 4) is 23.1 Å². The highest BCUT2D eigenvalue weighted by atomic mass is 16.1. The van der Waals surface area contributed by atoms with Gasteiger partial charge in [0.25, 0.3) is 0 Å². The number of nitriles is 1. The van der Waals surface area contributed by atoms with Crippen LogP contribution in [-0.4, -0.2) is 35.3 Å². The largest absolute Gasteiger partial charge is 0.325 e. The maximum atomic E-state index is 12.1. The number of hydrogen-bond acceptors (Lipinski definition) is 7. The van der Waals surface area contributed by atoms with Crippen molar-refractivity contribution in [1.82, 2.24) is 29.5 Å². The SMILES string of the molecule is CCc1c(-c2ccc(C#N)cc2)nn(CC2CC2)c1Nc1cc(-n2nc(C)c(C(C)=O)c2C)ncn1. The van der Waals surface area contributed by atoms with Gasteiger partial charge in [0.15, 0.2) is 11.6 Å². The molecular formula is C27H28N8O. The molecule has 182 valence electrons. The summed E-state index contributed by atoms with van der Waals surface area (Å²) in [6, 6.07) is 11.5. The normalized spacial score (nSPS) is 13.0. The molecule has 9 nitrogen and oxygen atoms in total. The average molecular weight is 481 g/mol. The van der Waals surface area contributed by atoms with E-state index in [4.69, 9.17) is 10.4 Å². The Balaban J connectivity index is 1.54. The molecule has 1 aliphatic carbocycles. The summed E-state index contributed by atoms with van der Waals surface area (Å²) in [7, 11) is 0. The van der Waals surface area contributed by atoms with Gasteiger partial charge < -0.3 is 5.32 Å². The van der Waals surface area contributed by atoms with Gasteiger partial charge in [-0.2, -0.15) is 15.5 Å². The third kappa shape index (κ3) is 4.38. The minimum absolute atomic E-state index is 0.0180. The lowest BCUT2D eigenvalue weighted by Gasteiger charge is -2.12. The van der Waals surface area contributed by atoms with Crippen molar-refractivity contribution in [3.05, 3.63) is 64.7 Å². The Kier molecular flexibility index (Phi) is 6.10. The van der Waals surface area contributed by atoms with Crippen molar-refractivity contribution in [2.75, 3.05) is 5.32 Å². The molecule has 0 atom stereocenters. The zero-order valence-electron chi connectivity index (χ0n) is 20.9. The maximum Gasteiger partial charge on any atom is 0.163 e. The quantitative estimate of drug-likeness (QED) is 0.356. The van der Waals surface area contributed by atoms with Crippen molar-refractivity contribution in [2.24, 2.45) is 5.92 Å². The van der Waals surface area contributed by atoms with Gasteiger partial charge in [-0.05, 0) is 58.1 Å². The Morgan fingerprint density at radius 3 is 2.53 bits per heavy atom. The summed E-state index contributed by atoms with van der Waals surface area (Å²) < 4.78 is 3.73. The molecule has 3 heterocycles. The van der Waals surface area contributed by atoms with Gasteiger partial charge in [-0.3, -0.25) is 4.79 Å². The molecule has 0 unspecified atom stereocenters. The molecule has 1 aliphatic rings. The van der Waals surface area contributed by atoms with Gasteiger partial charge in [-0.25, -0.2) is 19.3 Å². The molecule has 0 spiro atoms. The van der Waals surface area contributed by atoms with Gasteiger partial charge in [0.1, 0.15) is 18.0 Å². The minimum atomic E-state index is -0.0180. The number of anilines is 2. The van der Waals surface area contributed by atoms with Crippen molar-refractivity contribution in [3.63, 3.8) is 0 Å².